The maximum atomic E-state index is 11.1. The number of nitriles is 1. The Morgan fingerprint density at radius 1 is 1.33 bits per heavy atom. The fourth-order valence-corrected chi connectivity index (χ4v) is 1.84. The fourth-order valence-electron chi connectivity index (χ4n) is 1.84. The van der Waals surface area contributed by atoms with Crippen molar-refractivity contribution in [1.82, 2.24) is 0 Å². The Morgan fingerprint density at radius 2 is 2.08 bits per heavy atom. The van der Waals surface area contributed by atoms with Crippen LogP contribution in [0, 0.1) is 23.2 Å². The Morgan fingerprint density at radius 3 is 2.75 bits per heavy atom. The molecule has 1 rings (SSSR count). The van der Waals surface area contributed by atoms with E-state index in [4.69, 9.17) is 5.26 Å². The van der Waals surface area contributed by atoms with Crippen molar-refractivity contribution in [3.05, 3.63) is 0 Å². The van der Waals surface area contributed by atoms with Crippen LogP contribution in [0.5, 0.6) is 0 Å². The summed E-state index contributed by atoms with van der Waals surface area (Å²) in [6.45, 7) is 2.22. The molecule has 2 atom stereocenters. The Kier molecular flexibility index (Phi) is 3.28. The van der Waals surface area contributed by atoms with E-state index in [1.165, 1.54) is 6.42 Å². The molecule has 1 aliphatic rings. The number of rotatable bonds is 1. The molecule has 0 aliphatic heterocycles. The molecule has 1 saturated carbocycles. The minimum atomic E-state index is -0.205. The molecule has 0 amide bonds. The minimum Gasteiger partial charge on any atom is -0.282 e. The van der Waals surface area contributed by atoms with E-state index in [9.17, 15) is 4.79 Å². The number of nitrogens with zero attached hydrogens (tertiary/aromatic N) is 1. The van der Waals surface area contributed by atoms with Crippen molar-refractivity contribution < 1.29 is 4.79 Å². The van der Waals surface area contributed by atoms with E-state index < -0.39 is 0 Å². The third-order valence-electron chi connectivity index (χ3n) is 2.74. The van der Waals surface area contributed by atoms with E-state index in [1.54, 1.807) is 6.07 Å². The maximum absolute atomic E-state index is 11.1. The van der Waals surface area contributed by atoms with Gasteiger partial charge in [-0.25, -0.2) is 0 Å². The van der Waals surface area contributed by atoms with Crippen LogP contribution in [0.15, 0.2) is 0 Å². The Labute approximate surface area is 73.6 Å². The first-order valence-electron chi connectivity index (χ1n) is 4.68. The van der Waals surface area contributed by atoms with E-state index in [0.29, 0.717) is 0 Å². The van der Waals surface area contributed by atoms with Crippen LogP contribution in [0.3, 0.4) is 0 Å². The largest absolute Gasteiger partial charge is 0.282 e. The molecule has 0 N–H and O–H groups in total. The lowest BCUT2D eigenvalue weighted by Crippen LogP contribution is -2.11. The highest BCUT2D eigenvalue weighted by Crippen LogP contribution is 2.27. The monoisotopic (exact) mass is 165 g/mol. The molecule has 0 aromatic carbocycles. The van der Waals surface area contributed by atoms with Crippen molar-refractivity contribution >= 4 is 5.78 Å². The van der Waals surface area contributed by atoms with Gasteiger partial charge in [-0.3, -0.25) is 4.79 Å². The summed E-state index contributed by atoms with van der Waals surface area (Å²) in [6.07, 6.45) is 5.29. The predicted octanol–water partition coefficient (Wildman–Crippen LogP) is 2.30. The van der Waals surface area contributed by atoms with Gasteiger partial charge in [0.15, 0.2) is 0 Å². The van der Waals surface area contributed by atoms with E-state index in [-0.39, 0.29) is 11.7 Å². The second-order valence-electron chi connectivity index (χ2n) is 3.79. The molecular formula is C10H15NO. The molecule has 0 saturated heterocycles. The Bertz CT molecular complexity index is 204. The number of hydrogen-bond acceptors (Lipinski definition) is 2. The van der Waals surface area contributed by atoms with Gasteiger partial charge in [0.1, 0.15) is 6.07 Å². The minimum absolute atomic E-state index is 0.0416. The Hall–Kier alpha value is -0.840. The number of carbonyl (C=O) groups excluding carboxylic acids is 1. The van der Waals surface area contributed by atoms with Crippen molar-refractivity contribution in [3.8, 4) is 6.07 Å². The Balaban J connectivity index is 2.47. The van der Waals surface area contributed by atoms with Gasteiger partial charge in [-0.15, -0.1) is 0 Å². The molecule has 1 fully saturated rings. The zero-order chi connectivity index (χ0) is 8.97. The summed E-state index contributed by atoms with van der Waals surface area (Å²) in [7, 11) is 0. The number of ketones is 1. The molecule has 66 valence electrons. The molecule has 0 radical (unpaired) electrons. The first kappa shape index (κ1) is 9.25. The molecule has 0 spiro atoms. The quantitative estimate of drug-likeness (QED) is 0.442. The van der Waals surface area contributed by atoms with E-state index in [2.05, 4.69) is 6.92 Å². The molecule has 0 aromatic heterocycles. The van der Waals surface area contributed by atoms with Gasteiger partial charge in [-0.05, 0) is 25.2 Å². The summed E-state index contributed by atoms with van der Waals surface area (Å²) in [5.74, 6) is 0.575. The molecule has 0 heterocycles. The summed E-state index contributed by atoms with van der Waals surface area (Å²) < 4.78 is 0. The smallest absolute Gasteiger partial charge is 0.234 e. The average molecular weight is 165 g/mol. The van der Waals surface area contributed by atoms with Crippen molar-refractivity contribution in [2.45, 2.75) is 39.0 Å². The normalized spacial score (nSPS) is 30.3. The third kappa shape index (κ3) is 2.34. The molecule has 2 nitrogen and oxygen atoms in total. The first-order chi connectivity index (χ1) is 5.74. The van der Waals surface area contributed by atoms with Crippen LogP contribution < -0.4 is 0 Å². The lowest BCUT2D eigenvalue weighted by atomic mass is 9.95. The standard InChI is InChI=1S/C10H15NO/c1-8-3-2-4-9(6-5-8)10(12)7-11/h8-9H,2-6H2,1H3. The first-order valence-corrected chi connectivity index (χ1v) is 4.68. The van der Waals surface area contributed by atoms with E-state index in [0.717, 1.165) is 31.6 Å². The van der Waals surface area contributed by atoms with Gasteiger partial charge in [0.25, 0.3) is 0 Å². The highest BCUT2D eigenvalue weighted by molar-refractivity contribution is 5.95. The van der Waals surface area contributed by atoms with Gasteiger partial charge in [0.2, 0.25) is 5.78 Å². The van der Waals surface area contributed by atoms with Crippen molar-refractivity contribution in [2.75, 3.05) is 0 Å². The van der Waals surface area contributed by atoms with Gasteiger partial charge >= 0.3 is 0 Å². The zero-order valence-corrected chi connectivity index (χ0v) is 7.55. The molecule has 2 unspecified atom stereocenters. The van der Waals surface area contributed by atoms with Gasteiger partial charge in [-0.2, -0.15) is 5.26 Å². The summed E-state index contributed by atoms with van der Waals surface area (Å²) in [4.78, 5) is 11.1. The van der Waals surface area contributed by atoms with Crippen LogP contribution in [0.2, 0.25) is 0 Å². The number of carbonyl (C=O) groups is 1. The molecule has 2 heteroatoms. The van der Waals surface area contributed by atoms with Gasteiger partial charge in [-0.1, -0.05) is 19.8 Å². The number of hydrogen-bond donors (Lipinski definition) is 0. The van der Waals surface area contributed by atoms with Crippen LogP contribution >= 0.6 is 0 Å². The average Bonchev–Trinajstić information content (AvgIpc) is 2.29. The van der Waals surface area contributed by atoms with Crippen molar-refractivity contribution in [2.24, 2.45) is 11.8 Å². The second kappa shape index (κ2) is 4.25. The summed E-state index contributed by atoms with van der Waals surface area (Å²) in [6, 6.07) is 1.74. The summed E-state index contributed by atoms with van der Waals surface area (Å²) in [5, 5.41) is 8.45. The van der Waals surface area contributed by atoms with Crippen molar-refractivity contribution in [3.63, 3.8) is 0 Å². The van der Waals surface area contributed by atoms with Gasteiger partial charge in [0, 0.05) is 5.92 Å². The highest BCUT2D eigenvalue weighted by Gasteiger charge is 2.21. The maximum Gasteiger partial charge on any atom is 0.234 e. The lowest BCUT2D eigenvalue weighted by Gasteiger charge is -2.06. The lowest BCUT2D eigenvalue weighted by molar-refractivity contribution is -0.117. The van der Waals surface area contributed by atoms with Gasteiger partial charge < -0.3 is 0 Å². The molecule has 0 bridgehead atoms. The molecule has 1 aliphatic carbocycles. The van der Waals surface area contributed by atoms with E-state index >= 15 is 0 Å². The predicted molar refractivity (Wildman–Crippen MR) is 46.4 cm³/mol. The number of Topliss-reactive ketones (excluding diaryl/α,β-unsaturated/α-hetero) is 1. The van der Waals surface area contributed by atoms with Crippen molar-refractivity contribution in [1.29, 1.82) is 5.26 Å². The van der Waals surface area contributed by atoms with Crippen LogP contribution in [-0.2, 0) is 4.79 Å². The van der Waals surface area contributed by atoms with Crippen LogP contribution in [0.4, 0.5) is 0 Å². The van der Waals surface area contributed by atoms with Crippen LogP contribution in [-0.4, -0.2) is 5.78 Å². The zero-order valence-electron chi connectivity index (χ0n) is 7.55. The molecular weight excluding hydrogens is 150 g/mol. The topological polar surface area (TPSA) is 40.9 Å². The third-order valence-corrected chi connectivity index (χ3v) is 2.74. The molecule has 0 aromatic rings. The molecule has 12 heavy (non-hydrogen) atoms. The van der Waals surface area contributed by atoms with E-state index in [1.807, 2.05) is 0 Å². The van der Waals surface area contributed by atoms with Crippen LogP contribution in [0.1, 0.15) is 39.0 Å². The highest BCUT2D eigenvalue weighted by atomic mass is 16.1. The summed E-state index contributed by atoms with van der Waals surface area (Å²) in [5.41, 5.74) is 0. The van der Waals surface area contributed by atoms with Gasteiger partial charge in [0.05, 0.1) is 0 Å². The SMILES string of the molecule is CC1CCCC(C(=O)C#N)CC1. The van der Waals surface area contributed by atoms with Crippen LogP contribution in [0.25, 0.3) is 0 Å². The summed E-state index contributed by atoms with van der Waals surface area (Å²) >= 11 is 0. The second-order valence-corrected chi connectivity index (χ2v) is 3.79. The fraction of sp³-hybridized carbons (Fsp3) is 0.800.